The van der Waals surface area contributed by atoms with Crippen LogP contribution in [-0.2, 0) is 0 Å². The maximum atomic E-state index is 8.91. The van der Waals surface area contributed by atoms with Crippen LogP contribution in [0.25, 0.3) is 0 Å². The highest BCUT2D eigenvalue weighted by molar-refractivity contribution is 4.99. The van der Waals surface area contributed by atoms with E-state index in [0.717, 1.165) is 12.8 Å². The molecule has 0 saturated heterocycles. The topological polar surface area (TPSA) is 20.2 Å². The van der Waals surface area contributed by atoms with Crippen LogP contribution in [0, 0.1) is 0 Å². The number of aliphatic hydroxyl groups is 1. The molecule has 106 valence electrons. The van der Waals surface area contributed by atoms with Crippen LogP contribution in [-0.4, -0.2) is 11.2 Å². The van der Waals surface area contributed by atoms with E-state index in [2.05, 4.69) is 12.2 Å². The Labute approximate surface area is 118 Å². The summed E-state index contributed by atoms with van der Waals surface area (Å²) in [6, 6.07) is 12.0. The molecule has 0 radical (unpaired) electrons. The highest BCUT2D eigenvalue weighted by Gasteiger charge is 2.07. The molecule has 2 aliphatic rings. The van der Waals surface area contributed by atoms with Gasteiger partial charge in [0.1, 0.15) is 0 Å². The minimum Gasteiger partial charge on any atom is -0.393 e. The maximum Gasteiger partial charge on any atom is 0.0540 e. The van der Waals surface area contributed by atoms with Crippen molar-refractivity contribution in [2.45, 2.75) is 63.9 Å². The molecule has 19 heavy (non-hydrogen) atoms. The van der Waals surface area contributed by atoms with E-state index in [9.17, 15) is 0 Å². The summed E-state index contributed by atoms with van der Waals surface area (Å²) in [5.41, 5.74) is 0. The SMILES string of the molecule is C1=CCCCC1.OC1CCCCC1.c1ccccc1. The molecule has 3 rings (SSSR count). The van der Waals surface area contributed by atoms with E-state index in [1.54, 1.807) is 0 Å². The highest BCUT2D eigenvalue weighted by Crippen LogP contribution is 2.16. The van der Waals surface area contributed by atoms with Gasteiger partial charge in [0.2, 0.25) is 0 Å². The average molecular weight is 260 g/mol. The Kier molecular flexibility index (Phi) is 10.1. The fourth-order valence-corrected chi connectivity index (χ4v) is 2.23. The van der Waals surface area contributed by atoms with Gasteiger partial charge in [-0.1, -0.05) is 67.8 Å². The van der Waals surface area contributed by atoms with Gasteiger partial charge in [-0.25, -0.2) is 0 Å². The van der Waals surface area contributed by atoms with E-state index in [-0.39, 0.29) is 6.10 Å². The summed E-state index contributed by atoms with van der Waals surface area (Å²) in [6.07, 6.45) is 15.9. The lowest BCUT2D eigenvalue weighted by molar-refractivity contribution is 0.130. The fourth-order valence-electron chi connectivity index (χ4n) is 2.23. The molecule has 1 aromatic carbocycles. The van der Waals surface area contributed by atoms with Crippen molar-refractivity contribution >= 4 is 0 Å². The largest absolute Gasteiger partial charge is 0.393 e. The Morgan fingerprint density at radius 1 is 0.579 bits per heavy atom. The molecular formula is C18H28O. The molecule has 0 amide bonds. The molecule has 0 aromatic heterocycles. The van der Waals surface area contributed by atoms with E-state index in [0.29, 0.717) is 0 Å². The zero-order valence-electron chi connectivity index (χ0n) is 12.0. The van der Waals surface area contributed by atoms with E-state index >= 15 is 0 Å². The number of hydrogen-bond donors (Lipinski definition) is 1. The molecule has 1 nitrogen and oxygen atoms in total. The lowest BCUT2D eigenvalue weighted by atomic mass is 9.98. The van der Waals surface area contributed by atoms with Crippen molar-refractivity contribution < 1.29 is 5.11 Å². The van der Waals surface area contributed by atoms with Crippen molar-refractivity contribution in [2.24, 2.45) is 0 Å². The quantitative estimate of drug-likeness (QED) is 0.642. The third kappa shape index (κ3) is 10.5. The summed E-state index contributed by atoms with van der Waals surface area (Å²) >= 11 is 0. The predicted octanol–water partition coefficient (Wildman–Crippen LogP) is 5.11. The summed E-state index contributed by atoms with van der Waals surface area (Å²) in [5.74, 6) is 0. The van der Waals surface area contributed by atoms with Gasteiger partial charge in [-0.2, -0.15) is 0 Å². The fraction of sp³-hybridized carbons (Fsp3) is 0.556. The second-order valence-corrected chi connectivity index (χ2v) is 5.20. The van der Waals surface area contributed by atoms with Crippen LogP contribution in [0.4, 0.5) is 0 Å². The lowest BCUT2D eigenvalue weighted by Gasteiger charge is -2.14. The van der Waals surface area contributed by atoms with Crippen molar-refractivity contribution in [3.63, 3.8) is 0 Å². The zero-order valence-corrected chi connectivity index (χ0v) is 12.0. The van der Waals surface area contributed by atoms with E-state index < -0.39 is 0 Å². The van der Waals surface area contributed by atoms with E-state index in [1.807, 2.05) is 36.4 Å². The molecule has 0 aliphatic heterocycles. The molecule has 0 spiro atoms. The van der Waals surface area contributed by atoms with E-state index in [4.69, 9.17) is 5.11 Å². The van der Waals surface area contributed by atoms with Gasteiger partial charge in [-0.3, -0.25) is 0 Å². The summed E-state index contributed by atoms with van der Waals surface area (Å²) in [4.78, 5) is 0. The Hall–Kier alpha value is -1.08. The first-order chi connectivity index (χ1) is 9.39. The summed E-state index contributed by atoms with van der Waals surface area (Å²) in [5, 5.41) is 8.91. The van der Waals surface area contributed by atoms with Crippen LogP contribution >= 0.6 is 0 Å². The Balaban J connectivity index is 0.000000143. The van der Waals surface area contributed by atoms with Gasteiger partial charge < -0.3 is 5.11 Å². The van der Waals surface area contributed by atoms with Crippen molar-refractivity contribution in [3.8, 4) is 0 Å². The number of aliphatic hydroxyl groups excluding tert-OH is 1. The zero-order chi connectivity index (χ0) is 13.6. The van der Waals surface area contributed by atoms with Crippen molar-refractivity contribution in [2.75, 3.05) is 0 Å². The summed E-state index contributed by atoms with van der Waals surface area (Å²) in [6.45, 7) is 0. The van der Waals surface area contributed by atoms with Crippen molar-refractivity contribution in [1.82, 2.24) is 0 Å². The van der Waals surface area contributed by atoms with Crippen LogP contribution < -0.4 is 0 Å². The molecule has 0 unspecified atom stereocenters. The van der Waals surface area contributed by atoms with Crippen LogP contribution in [0.5, 0.6) is 0 Å². The first-order valence-corrected chi connectivity index (χ1v) is 7.72. The maximum absolute atomic E-state index is 8.91. The van der Waals surface area contributed by atoms with Gasteiger partial charge in [-0.05, 0) is 38.5 Å². The molecule has 2 aliphatic carbocycles. The van der Waals surface area contributed by atoms with Crippen LogP contribution in [0.15, 0.2) is 48.6 Å². The van der Waals surface area contributed by atoms with Gasteiger partial charge in [0.05, 0.1) is 6.10 Å². The third-order valence-electron chi connectivity index (χ3n) is 3.40. The van der Waals surface area contributed by atoms with Gasteiger partial charge >= 0.3 is 0 Å². The molecule has 1 aromatic rings. The molecule has 1 heteroatoms. The molecule has 0 atom stereocenters. The molecule has 0 heterocycles. The number of benzene rings is 1. The van der Waals surface area contributed by atoms with Gasteiger partial charge in [0.15, 0.2) is 0 Å². The molecule has 0 bridgehead atoms. The van der Waals surface area contributed by atoms with Crippen molar-refractivity contribution in [1.29, 1.82) is 0 Å². The number of allylic oxidation sites excluding steroid dienone is 2. The summed E-state index contributed by atoms with van der Waals surface area (Å²) < 4.78 is 0. The first-order valence-electron chi connectivity index (χ1n) is 7.72. The second kappa shape index (κ2) is 12.0. The van der Waals surface area contributed by atoms with Gasteiger partial charge in [0, 0.05) is 0 Å². The molecule has 1 fully saturated rings. The Morgan fingerprint density at radius 2 is 1.00 bits per heavy atom. The standard InChI is InChI=1S/C6H12O.C6H10.C6H6/c7-6-4-2-1-3-5-6;2*1-2-4-6-5-3-1/h6-7H,1-5H2;1-2H,3-6H2;1-6H. The normalized spacial score (nSPS) is 18.6. The second-order valence-electron chi connectivity index (χ2n) is 5.20. The van der Waals surface area contributed by atoms with Gasteiger partial charge in [-0.15, -0.1) is 0 Å². The third-order valence-corrected chi connectivity index (χ3v) is 3.40. The number of hydrogen-bond acceptors (Lipinski definition) is 1. The predicted molar refractivity (Wildman–Crippen MR) is 83.1 cm³/mol. The van der Waals surface area contributed by atoms with Gasteiger partial charge in [0.25, 0.3) is 0 Å². The molecular weight excluding hydrogens is 232 g/mol. The highest BCUT2D eigenvalue weighted by atomic mass is 16.3. The van der Waals surface area contributed by atoms with E-state index in [1.165, 1.54) is 44.9 Å². The van der Waals surface area contributed by atoms with Crippen LogP contribution in [0.2, 0.25) is 0 Å². The molecule has 1 saturated carbocycles. The minimum absolute atomic E-state index is 0.0359. The van der Waals surface area contributed by atoms with Crippen LogP contribution in [0.1, 0.15) is 57.8 Å². The lowest BCUT2D eigenvalue weighted by Crippen LogP contribution is -2.09. The number of rotatable bonds is 0. The first kappa shape index (κ1) is 16.0. The molecule has 1 N–H and O–H groups in total. The monoisotopic (exact) mass is 260 g/mol. The average Bonchev–Trinajstić information content (AvgIpc) is 2.53. The smallest absolute Gasteiger partial charge is 0.0540 e. The summed E-state index contributed by atoms with van der Waals surface area (Å²) in [7, 11) is 0. The Morgan fingerprint density at radius 3 is 1.21 bits per heavy atom. The Bertz CT molecular complexity index is 264. The van der Waals surface area contributed by atoms with Crippen molar-refractivity contribution in [3.05, 3.63) is 48.6 Å². The minimum atomic E-state index is 0.0359. The van der Waals surface area contributed by atoms with Crippen LogP contribution in [0.3, 0.4) is 0 Å².